The molecular formula is C20H27NO. The largest absolute Gasteiger partial charge is 0.489 e. The molecule has 1 N–H and O–H groups in total. The van der Waals surface area contributed by atoms with Crippen LogP contribution in [-0.4, -0.2) is 19.2 Å². The lowest BCUT2D eigenvalue weighted by Gasteiger charge is -2.57. The van der Waals surface area contributed by atoms with Crippen LogP contribution in [0, 0.1) is 11.8 Å². The maximum Gasteiger partial charge on any atom is 0.123 e. The van der Waals surface area contributed by atoms with Crippen LogP contribution < -0.4 is 10.1 Å². The Morgan fingerprint density at radius 2 is 2.32 bits per heavy atom. The number of ether oxygens (including phenoxy) is 1. The van der Waals surface area contributed by atoms with Crippen molar-refractivity contribution in [2.45, 2.75) is 50.5 Å². The first-order valence-corrected chi connectivity index (χ1v) is 8.84. The van der Waals surface area contributed by atoms with Crippen molar-refractivity contribution in [1.82, 2.24) is 5.32 Å². The Labute approximate surface area is 133 Å². The van der Waals surface area contributed by atoms with Crippen LogP contribution in [0.1, 0.15) is 43.7 Å². The van der Waals surface area contributed by atoms with Crippen LogP contribution in [0.25, 0.3) is 0 Å². The monoisotopic (exact) mass is 297 g/mol. The minimum atomic E-state index is 0.406. The molecule has 1 aliphatic heterocycles. The lowest BCUT2D eigenvalue weighted by atomic mass is 9.51. The molecule has 2 nitrogen and oxygen atoms in total. The van der Waals surface area contributed by atoms with E-state index in [-0.39, 0.29) is 0 Å². The quantitative estimate of drug-likeness (QED) is 0.856. The fourth-order valence-electron chi connectivity index (χ4n) is 5.38. The van der Waals surface area contributed by atoms with Crippen LogP contribution in [0.15, 0.2) is 30.9 Å². The minimum absolute atomic E-state index is 0.406. The Kier molecular flexibility index (Phi) is 3.53. The van der Waals surface area contributed by atoms with E-state index in [2.05, 4.69) is 37.0 Å². The molecule has 0 radical (unpaired) electrons. The fourth-order valence-corrected chi connectivity index (χ4v) is 5.38. The highest BCUT2D eigenvalue weighted by atomic mass is 16.5. The first-order valence-electron chi connectivity index (χ1n) is 8.84. The molecule has 1 unspecified atom stereocenters. The Bertz CT molecular complexity index is 581. The summed E-state index contributed by atoms with van der Waals surface area (Å²) < 4.78 is 5.97. The second-order valence-electron chi connectivity index (χ2n) is 7.54. The summed E-state index contributed by atoms with van der Waals surface area (Å²) in [5.41, 5.74) is 3.47. The highest BCUT2D eigenvalue weighted by molar-refractivity contribution is 5.49. The van der Waals surface area contributed by atoms with Crippen LogP contribution in [0.2, 0.25) is 0 Å². The molecule has 2 aliphatic carbocycles. The number of nitrogens with one attached hydrogen (secondary N) is 1. The summed E-state index contributed by atoms with van der Waals surface area (Å²) in [4.78, 5) is 0. The molecule has 1 saturated carbocycles. The second-order valence-corrected chi connectivity index (χ2v) is 7.54. The van der Waals surface area contributed by atoms with Crippen LogP contribution in [-0.2, 0) is 11.8 Å². The van der Waals surface area contributed by atoms with Gasteiger partial charge in [-0.3, -0.25) is 0 Å². The summed E-state index contributed by atoms with van der Waals surface area (Å²) in [6.07, 6.45) is 8.37. The van der Waals surface area contributed by atoms with E-state index in [0.29, 0.717) is 18.1 Å². The fraction of sp³-hybridized carbons (Fsp3) is 0.600. The number of hydrogen-bond donors (Lipinski definition) is 1. The zero-order valence-corrected chi connectivity index (χ0v) is 13.6. The Morgan fingerprint density at radius 3 is 3.18 bits per heavy atom. The van der Waals surface area contributed by atoms with E-state index in [1.807, 2.05) is 6.08 Å². The number of rotatable bonds is 3. The highest BCUT2D eigenvalue weighted by Gasteiger charge is 2.53. The van der Waals surface area contributed by atoms with Gasteiger partial charge in [0.1, 0.15) is 12.4 Å². The van der Waals surface area contributed by atoms with Crippen LogP contribution >= 0.6 is 0 Å². The third kappa shape index (κ3) is 2.04. The van der Waals surface area contributed by atoms with Crippen molar-refractivity contribution in [2.24, 2.45) is 11.8 Å². The summed E-state index contributed by atoms with van der Waals surface area (Å²) in [7, 11) is 0. The number of piperidine rings is 1. The SMILES string of the molecule is C=CCOc1cccc2c1C[C@H]1NCC[C@@]23CCC(C)C[C@@H]13. The van der Waals surface area contributed by atoms with Crippen LogP contribution in [0.5, 0.6) is 5.75 Å². The van der Waals surface area contributed by atoms with Crippen molar-refractivity contribution in [3.8, 4) is 5.75 Å². The molecule has 22 heavy (non-hydrogen) atoms. The predicted octanol–water partition coefficient (Wildman–Crippen LogP) is 3.84. The van der Waals surface area contributed by atoms with Gasteiger partial charge < -0.3 is 10.1 Å². The molecule has 1 heterocycles. The first kappa shape index (κ1) is 14.3. The summed E-state index contributed by atoms with van der Waals surface area (Å²) >= 11 is 0. The number of benzene rings is 1. The zero-order chi connectivity index (χ0) is 15.2. The van der Waals surface area contributed by atoms with E-state index in [1.165, 1.54) is 37.8 Å². The lowest BCUT2D eigenvalue weighted by Crippen LogP contribution is -2.60. The van der Waals surface area contributed by atoms with E-state index < -0.39 is 0 Å². The van der Waals surface area contributed by atoms with E-state index in [4.69, 9.17) is 4.74 Å². The molecular weight excluding hydrogens is 270 g/mol. The average molecular weight is 297 g/mol. The van der Waals surface area contributed by atoms with E-state index in [0.717, 1.165) is 24.0 Å². The molecule has 4 atom stereocenters. The van der Waals surface area contributed by atoms with Gasteiger partial charge in [0.05, 0.1) is 0 Å². The molecule has 2 heteroatoms. The van der Waals surface area contributed by atoms with Gasteiger partial charge >= 0.3 is 0 Å². The van der Waals surface area contributed by atoms with E-state index in [1.54, 1.807) is 5.56 Å². The second kappa shape index (κ2) is 5.42. The molecule has 2 bridgehead atoms. The maximum atomic E-state index is 5.97. The van der Waals surface area contributed by atoms with Crippen LogP contribution in [0.3, 0.4) is 0 Å². The van der Waals surface area contributed by atoms with Gasteiger partial charge in [-0.2, -0.15) is 0 Å². The summed E-state index contributed by atoms with van der Waals surface area (Å²) in [6, 6.07) is 7.36. The maximum absolute atomic E-state index is 5.97. The smallest absolute Gasteiger partial charge is 0.123 e. The van der Waals surface area contributed by atoms with Gasteiger partial charge in [-0.1, -0.05) is 31.7 Å². The Morgan fingerprint density at radius 1 is 1.41 bits per heavy atom. The standard InChI is InChI=1S/C20H27NO/c1-3-11-22-19-6-4-5-16-15(19)13-18-17-12-14(2)7-8-20(16,17)9-10-21-18/h3-6,14,17-18,21H,1,7-13H2,2H3/t14?,17-,18+,20-/m0/s1. The van der Waals surface area contributed by atoms with Crippen LogP contribution in [0.4, 0.5) is 0 Å². The molecule has 0 spiro atoms. The van der Waals surface area contributed by atoms with Crippen molar-refractivity contribution in [3.05, 3.63) is 42.0 Å². The molecule has 0 amide bonds. The molecule has 3 aliphatic rings. The molecule has 4 rings (SSSR count). The van der Waals surface area contributed by atoms with Gasteiger partial charge in [-0.05, 0) is 67.7 Å². The Hall–Kier alpha value is -1.28. The summed E-state index contributed by atoms with van der Waals surface area (Å²) in [5.74, 6) is 2.77. The molecule has 0 aromatic heterocycles. The Balaban J connectivity index is 1.80. The van der Waals surface area contributed by atoms with Crippen molar-refractivity contribution in [2.75, 3.05) is 13.2 Å². The average Bonchev–Trinajstić information content (AvgIpc) is 2.53. The molecule has 2 fully saturated rings. The summed E-state index contributed by atoms with van der Waals surface area (Å²) in [6.45, 7) is 7.99. The minimum Gasteiger partial charge on any atom is -0.489 e. The van der Waals surface area contributed by atoms with Gasteiger partial charge in [0.25, 0.3) is 0 Å². The predicted molar refractivity (Wildman–Crippen MR) is 90.4 cm³/mol. The molecule has 1 aromatic carbocycles. The van der Waals surface area contributed by atoms with Gasteiger partial charge in [0, 0.05) is 11.5 Å². The topological polar surface area (TPSA) is 21.3 Å². The van der Waals surface area contributed by atoms with Crippen molar-refractivity contribution >= 4 is 0 Å². The highest BCUT2D eigenvalue weighted by Crippen LogP contribution is 2.56. The van der Waals surface area contributed by atoms with Crippen molar-refractivity contribution in [1.29, 1.82) is 0 Å². The van der Waals surface area contributed by atoms with Crippen molar-refractivity contribution in [3.63, 3.8) is 0 Å². The van der Waals surface area contributed by atoms with Crippen molar-refractivity contribution < 1.29 is 4.74 Å². The molecule has 1 aromatic rings. The summed E-state index contributed by atoms with van der Waals surface area (Å²) in [5, 5.41) is 3.81. The van der Waals surface area contributed by atoms with Gasteiger partial charge in [0.2, 0.25) is 0 Å². The number of hydrogen-bond acceptors (Lipinski definition) is 2. The molecule has 118 valence electrons. The first-order chi connectivity index (χ1) is 10.7. The van der Waals surface area contributed by atoms with E-state index in [9.17, 15) is 0 Å². The third-order valence-electron chi connectivity index (χ3n) is 6.36. The molecule has 1 saturated heterocycles. The van der Waals surface area contributed by atoms with E-state index >= 15 is 0 Å². The number of fused-ring (bicyclic) bond motifs is 1. The van der Waals surface area contributed by atoms with Gasteiger partial charge in [-0.15, -0.1) is 0 Å². The zero-order valence-electron chi connectivity index (χ0n) is 13.6. The third-order valence-corrected chi connectivity index (χ3v) is 6.36. The normalized spacial score (nSPS) is 36.1. The lowest BCUT2D eigenvalue weighted by molar-refractivity contribution is 0.0561. The van der Waals surface area contributed by atoms with Gasteiger partial charge in [-0.25, -0.2) is 0 Å². The van der Waals surface area contributed by atoms with Gasteiger partial charge in [0.15, 0.2) is 0 Å².